The van der Waals surface area contributed by atoms with Crippen LogP contribution in [-0.2, 0) is 24.8 Å². The van der Waals surface area contributed by atoms with Gasteiger partial charge >= 0.3 is 5.97 Å². The lowest BCUT2D eigenvalue weighted by Crippen LogP contribution is -2.06. The van der Waals surface area contributed by atoms with E-state index in [1.807, 2.05) is 50.8 Å². The van der Waals surface area contributed by atoms with E-state index in [4.69, 9.17) is 4.74 Å². The number of carboxylic acids is 1. The SMILES string of the molecule is Cc1cc(NCc2ccc(OC(C)C)cc2)c(-c2ccc3c(cnn3C)c2)cc1CCC(=O)O. The van der Waals surface area contributed by atoms with Crippen LogP contribution in [0, 0.1) is 6.92 Å². The van der Waals surface area contributed by atoms with Crippen molar-refractivity contribution in [3.8, 4) is 16.9 Å². The number of carboxylic acid groups (broad SMARTS) is 1. The molecule has 0 aliphatic rings. The Morgan fingerprint density at radius 1 is 1.12 bits per heavy atom. The van der Waals surface area contributed by atoms with Crippen LogP contribution in [-0.4, -0.2) is 27.0 Å². The first-order valence-electron chi connectivity index (χ1n) is 11.6. The molecule has 2 N–H and O–H groups in total. The number of aromatic nitrogens is 2. The maximum absolute atomic E-state index is 11.2. The number of hydrogen-bond donors (Lipinski definition) is 2. The Kier molecular flexibility index (Phi) is 6.87. The van der Waals surface area contributed by atoms with Crippen molar-refractivity contribution in [3.05, 3.63) is 77.5 Å². The van der Waals surface area contributed by atoms with E-state index in [1.54, 1.807) is 0 Å². The van der Waals surface area contributed by atoms with Gasteiger partial charge in [-0.1, -0.05) is 18.2 Å². The zero-order valence-electron chi connectivity index (χ0n) is 20.1. The number of nitrogens with one attached hydrogen (secondary N) is 1. The van der Waals surface area contributed by atoms with Crippen molar-refractivity contribution >= 4 is 22.6 Å². The highest BCUT2D eigenvalue weighted by Crippen LogP contribution is 2.34. The van der Waals surface area contributed by atoms with Crippen LogP contribution in [0.4, 0.5) is 5.69 Å². The highest BCUT2D eigenvalue weighted by molar-refractivity contribution is 5.88. The normalized spacial score (nSPS) is 11.2. The number of hydrogen-bond acceptors (Lipinski definition) is 4. The Labute approximate surface area is 200 Å². The van der Waals surface area contributed by atoms with Crippen molar-refractivity contribution < 1.29 is 14.6 Å². The summed E-state index contributed by atoms with van der Waals surface area (Å²) < 4.78 is 7.60. The lowest BCUT2D eigenvalue weighted by Gasteiger charge is -2.17. The second-order valence-electron chi connectivity index (χ2n) is 8.92. The maximum Gasteiger partial charge on any atom is 0.303 e. The van der Waals surface area contributed by atoms with Crippen LogP contribution in [0.15, 0.2) is 60.8 Å². The number of aryl methyl sites for hydroxylation is 3. The lowest BCUT2D eigenvalue weighted by molar-refractivity contribution is -0.136. The molecule has 0 saturated carbocycles. The first-order valence-corrected chi connectivity index (χ1v) is 11.6. The molecule has 6 heteroatoms. The average Bonchev–Trinajstić information content (AvgIpc) is 3.17. The first kappa shape index (κ1) is 23.4. The lowest BCUT2D eigenvalue weighted by atomic mass is 9.94. The van der Waals surface area contributed by atoms with Crippen LogP contribution in [0.1, 0.15) is 37.0 Å². The molecule has 1 heterocycles. The second-order valence-corrected chi connectivity index (χ2v) is 8.92. The molecule has 4 aromatic rings. The fraction of sp³-hybridized carbons (Fsp3) is 0.286. The van der Waals surface area contributed by atoms with Gasteiger partial charge in [-0.3, -0.25) is 9.48 Å². The predicted octanol–water partition coefficient (Wildman–Crippen LogP) is 5.97. The summed E-state index contributed by atoms with van der Waals surface area (Å²) in [6.07, 6.45) is 2.62. The summed E-state index contributed by atoms with van der Waals surface area (Å²) in [5.41, 5.74) is 7.48. The molecule has 4 rings (SSSR count). The molecule has 0 aliphatic carbocycles. The van der Waals surface area contributed by atoms with Crippen molar-refractivity contribution in [1.29, 1.82) is 0 Å². The average molecular weight is 458 g/mol. The molecular formula is C28H31N3O3. The third-order valence-corrected chi connectivity index (χ3v) is 5.92. The van der Waals surface area contributed by atoms with Gasteiger partial charge < -0.3 is 15.2 Å². The highest BCUT2D eigenvalue weighted by Gasteiger charge is 2.13. The number of carbonyl (C=O) groups is 1. The fourth-order valence-electron chi connectivity index (χ4n) is 4.14. The molecule has 6 nitrogen and oxygen atoms in total. The summed E-state index contributed by atoms with van der Waals surface area (Å²) in [5, 5.41) is 18.2. The van der Waals surface area contributed by atoms with Gasteiger partial charge in [-0.15, -0.1) is 0 Å². The third kappa shape index (κ3) is 5.39. The number of fused-ring (bicyclic) bond motifs is 1. The Bertz CT molecular complexity index is 1310. The number of ether oxygens (including phenoxy) is 1. The molecule has 0 amide bonds. The number of rotatable bonds is 9. The molecule has 0 aliphatic heterocycles. The van der Waals surface area contributed by atoms with E-state index in [2.05, 4.69) is 52.9 Å². The fourth-order valence-corrected chi connectivity index (χ4v) is 4.14. The topological polar surface area (TPSA) is 76.4 Å². The molecule has 0 atom stereocenters. The predicted molar refractivity (Wildman–Crippen MR) is 136 cm³/mol. The number of benzene rings is 3. The van der Waals surface area contributed by atoms with E-state index >= 15 is 0 Å². The Hall–Kier alpha value is -3.80. The summed E-state index contributed by atoms with van der Waals surface area (Å²) in [4.78, 5) is 11.2. The Morgan fingerprint density at radius 3 is 2.59 bits per heavy atom. The molecular weight excluding hydrogens is 426 g/mol. The number of aliphatic carboxylic acids is 1. The van der Waals surface area contributed by atoms with Gasteiger partial charge in [0.2, 0.25) is 0 Å². The Balaban J connectivity index is 1.65. The van der Waals surface area contributed by atoms with Gasteiger partial charge in [-0.05, 0) is 85.8 Å². The van der Waals surface area contributed by atoms with Crippen molar-refractivity contribution in [3.63, 3.8) is 0 Å². The summed E-state index contributed by atoms with van der Waals surface area (Å²) in [7, 11) is 1.93. The molecule has 1 aromatic heterocycles. The molecule has 0 unspecified atom stereocenters. The molecule has 34 heavy (non-hydrogen) atoms. The van der Waals surface area contributed by atoms with Crippen LogP contribution in [0.25, 0.3) is 22.0 Å². The quantitative estimate of drug-likeness (QED) is 0.324. The van der Waals surface area contributed by atoms with E-state index in [1.165, 1.54) is 0 Å². The summed E-state index contributed by atoms with van der Waals surface area (Å²) >= 11 is 0. The van der Waals surface area contributed by atoms with Crippen molar-refractivity contribution in [2.75, 3.05) is 5.32 Å². The van der Waals surface area contributed by atoms with Crippen molar-refractivity contribution in [1.82, 2.24) is 9.78 Å². The highest BCUT2D eigenvalue weighted by atomic mass is 16.5. The number of nitrogens with zero attached hydrogens (tertiary/aromatic N) is 2. The van der Waals surface area contributed by atoms with E-state index in [0.29, 0.717) is 13.0 Å². The van der Waals surface area contributed by atoms with Gasteiger partial charge in [0, 0.05) is 36.7 Å². The summed E-state index contributed by atoms with van der Waals surface area (Å²) in [5.74, 6) is 0.0765. The van der Waals surface area contributed by atoms with Gasteiger partial charge in [0.05, 0.1) is 17.8 Å². The molecule has 0 spiro atoms. The van der Waals surface area contributed by atoms with Gasteiger partial charge in [0.1, 0.15) is 5.75 Å². The summed E-state index contributed by atoms with van der Waals surface area (Å²) in [6, 6.07) is 18.7. The first-order chi connectivity index (χ1) is 16.3. The standard InChI is InChI=1S/C28H31N3O3/c1-18(2)34-24-9-5-20(6-10-24)16-29-26-13-19(3)21(8-12-28(32)33)15-25(26)22-7-11-27-23(14-22)17-30-31(27)4/h5-7,9-11,13-15,17-18,29H,8,12,16H2,1-4H3,(H,32,33). The smallest absolute Gasteiger partial charge is 0.303 e. The minimum absolute atomic E-state index is 0.111. The van der Waals surface area contributed by atoms with Crippen LogP contribution in [0.2, 0.25) is 0 Å². The molecule has 0 radical (unpaired) electrons. The van der Waals surface area contributed by atoms with Gasteiger partial charge in [-0.2, -0.15) is 5.10 Å². The monoisotopic (exact) mass is 457 g/mol. The zero-order chi connectivity index (χ0) is 24.2. The van der Waals surface area contributed by atoms with Crippen LogP contribution in [0.5, 0.6) is 5.75 Å². The molecule has 0 saturated heterocycles. The minimum Gasteiger partial charge on any atom is -0.491 e. The third-order valence-electron chi connectivity index (χ3n) is 5.92. The maximum atomic E-state index is 11.2. The second kappa shape index (κ2) is 10.00. The molecule has 0 bridgehead atoms. The van der Waals surface area contributed by atoms with Gasteiger partial charge in [-0.25, -0.2) is 0 Å². The van der Waals surface area contributed by atoms with Gasteiger partial charge in [0.15, 0.2) is 0 Å². The number of anilines is 1. The van der Waals surface area contributed by atoms with E-state index in [9.17, 15) is 9.90 Å². The Morgan fingerprint density at radius 2 is 1.88 bits per heavy atom. The van der Waals surface area contributed by atoms with Crippen LogP contribution < -0.4 is 10.1 Å². The minimum atomic E-state index is -0.787. The van der Waals surface area contributed by atoms with Crippen molar-refractivity contribution in [2.24, 2.45) is 7.05 Å². The van der Waals surface area contributed by atoms with E-state index < -0.39 is 5.97 Å². The van der Waals surface area contributed by atoms with Gasteiger partial charge in [0.25, 0.3) is 0 Å². The van der Waals surface area contributed by atoms with Crippen LogP contribution in [0.3, 0.4) is 0 Å². The molecule has 0 fully saturated rings. The molecule has 3 aromatic carbocycles. The van der Waals surface area contributed by atoms with Crippen LogP contribution >= 0.6 is 0 Å². The van der Waals surface area contributed by atoms with Crippen molar-refractivity contribution in [2.45, 2.75) is 46.3 Å². The summed E-state index contributed by atoms with van der Waals surface area (Å²) in [6.45, 7) is 6.73. The molecule has 176 valence electrons. The largest absolute Gasteiger partial charge is 0.491 e. The van der Waals surface area contributed by atoms with E-state index in [-0.39, 0.29) is 12.5 Å². The van der Waals surface area contributed by atoms with E-state index in [0.717, 1.165) is 50.2 Å². The zero-order valence-corrected chi connectivity index (χ0v) is 20.1.